The fourth-order valence-electron chi connectivity index (χ4n) is 2.95. The number of halogens is 1. The van der Waals surface area contributed by atoms with Crippen LogP contribution in [0.4, 0.5) is 0 Å². The number of hydrogen-bond acceptors (Lipinski definition) is 4. The Morgan fingerprint density at radius 1 is 1.43 bits per heavy atom. The van der Waals surface area contributed by atoms with Gasteiger partial charge in [0.05, 0.1) is 29.0 Å². The first-order valence-corrected chi connectivity index (χ1v) is 7.47. The van der Waals surface area contributed by atoms with Crippen molar-refractivity contribution in [2.24, 2.45) is 0 Å². The van der Waals surface area contributed by atoms with Crippen molar-refractivity contribution in [3.05, 3.63) is 35.2 Å². The largest absolute Gasteiger partial charge is 0.394 e. The summed E-state index contributed by atoms with van der Waals surface area (Å²) in [5.41, 5.74) is 1.63. The van der Waals surface area contributed by atoms with Gasteiger partial charge in [0.2, 0.25) is 0 Å². The summed E-state index contributed by atoms with van der Waals surface area (Å²) in [6, 6.07) is 3.75. The standard InChI is InChI=1S/C15H20ClN3O2/c1-15(2)10-18(8-13(9-20)21-15)6-12-7-19-5-11(16)3-4-14(19)17-12/h3-5,7,13,20H,6,8-10H2,1-2H3. The van der Waals surface area contributed by atoms with E-state index >= 15 is 0 Å². The third-order valence-electron chi connectivity index (χ3n) is 3.61. The molecule has 0 saturated carbocycles. The predicted octanol–water partition coefficient (Wildman–Crippen LogP) is 1.96. The smallest absolute Gasteiger partial charge is 0.137 e. The van der Waals surface area contributed by atoms with E-state index in [-0.39, 0.29) is 18.3 Å². The van der Waals surface area contributed by atoms with Gasteiger partial charge in [0.1, 0.15) is 5.65 Å². The van der Waals surface area contributed by atoms with Crippen LogP contribution in [0.3, 0.4) is 0 Å². The second kappa shape index (κ2) is 5.57. The zero-order valence-corrected chi connectivity index (χ0v) is 13.0. The summed E-state index contributed by atoms with van der Waals surface area (Å²) < 4.78 is 7.77. The summed E-state index contributed by atoms with van der Waals surface area (Å²) in [7, 11) is 0. The van der Waals surface area contributed by atoms with Gasteiger partial charge in [-0.05, 0) is 26.0 Å². The molecule has 3 rings (SSSR count). The molecule has 6 heteroatoms. The highest BCUT2D eigenvalue weighted by atomic mass is 35.5. The lowest BCUT2D eigenvalue weighted by Gasteiger charge is -2.42. The Kier molecular flexibility index (Phi) is 3.92. The third kappa shape index (κ3) is 3.37. The monoisotopic (exact) mass is 309 g/mol. The van der Waals surface area contributed by atoms with Crippen molar-refractivity contribution >= 4 is 17.2 Å². The molecule has 1 saturated heterocycles. The SMILES string of the molecule is CC1(C)CN(Cc2cn3cc(Cl)ccc3n2)CC(CO)O1. The molecule has 0 spiro atoms. The highest BCUT2D eigenvalue weighted by molar-refractivity contribution is 6.30. The zero-order valence-electron chi connectivity index (χ0n) is 12.3. The van der Waals surface area contributed by atoms with Crippen LogP contribution in [0.25, 0.3) is 5.65 Å². The van der Waals surface area contributed by atoms with Crippen LogP contribution in [0, 0.1) is 0 Å². The Hall–Kier alpha value is -1.14. The average Bonchev–Trinajstić information content (AvgIpc) is 2.77. The molecule has 0 aromatic carbocycles. The Morgan fingerprint density at radius 3 is 3.00 bits per heavy atom. The number of ether oxygens (including phenoxy) is 1. The topological polar surface area (TPSA) is 50.0 Å². The summed E-state index contributed by atoms with van der Waals surface area (Å²) >= 11 is 5.99. The predicted molar refractivity (Wildman–Crippen MR) is 81.5 cm³/mol. The molecule has 1 unspecified atom stereocenters. The molecule has 3 heterocycles. The first-order valence-electron chi connectivity index (χ1n) is 7.09. The molecular weight excluding hydrogens is 290 g/mol. The number of imidazole rings is 1. The normalized spacial score (nSPS) is 22.8. The van der Waals surface area contributed by atoms with Crippen molar-refractivity contribution in [1.29, 1.82) is 0 Å². The Balaban J connectivity index is 1.77. The molecule has 1 fully saturated rings. The fourth-order valence-corrected chi connectivity index (χ4v) is 3.12. The van der Waals surface area contributed by atoms with E-state index in [9.17, 15) is 5.11 Å². The van der Waals surface area contributed by atoms with Gasteiger partial charge in [-0.25, -0.2) is 4.98 Å². The third-order valence-corrected chi connectivity index (χ3v) is 3.83. The van der Waals surface area contributed by atoms with E-state index in [0.717, 1.165) is 24.4 Å². The highest BCUT2D eigenvalue weighted by Crippen LogP contribution is 2.22. The second-order valence-electron chi connectivity index (χ2n) is 6.20. The van der Waals surface area contributed by atoms with Crippen LogP contribution in [0.2, 0.25) is 5.02 Å². The number of aliphatic hydroxyl groups excluding tert-OH is 1. The lowest BCUT2D eigenvalue weighted by atomic mass is 10.1. The molecule has 1 aliphatic rings. The number of nitrogens with zero attached hydrogens (tertiary/aromatic N) is 3. The maximum atomic E-state index is 9.37. The van der Waals surface area contributed by atoms with Crippen LogP contribution >= 0.6 is 11.6 Å². The number of pyridine rings is 1. The molecule has 0 radical (unpaired) electrons. The molecule has 5 nitrogen and oxygen atoms in total. The molecule has 1 aliphatic heterocycles. The van der Waals surface area contributed by atoms with E-state index in [0.29, 0.717) is 11.6 Å². The maximum Gasteiger partial charge on any atom is 0.137 e. The summed E-state index contributed by atoms with van der Waals surface area (Å²) in [5.74, 6) is 0. The van der Waals surface area contributed by atoms with E-state index in [1.165, 1.54) is 0 Å². The number of morpholine rings is 1. The van der Waals surface area contributed by atoms with E-state index in [4.69, 9.17) is 16.3 Å². The first-order chi connectivity index (χ1) is 9.95. The summed E-state index contributed by atoms with van der Waals surface area (Å²) in [5, 5.41) is 10.1. The quantitative estimate of drug-likeness (QED) is 0.941. The fraction of sp³-hybridized carbons (Fsp3) is 0.533. The highest BCUT2D eigenvalue weighted by Gasteiger charge is 2.33. The van der Waals surface area contributed by atoms with Gasteiger partial charge in [-0.2, -0.15) is 0 Å². The second-order valence-corrected chi connectivity index (χ2v) is 6.63. The van der Waals surface area contributed by atoms with Gasteiger partial charge in [0.25, 0.3) is 0 Å². The van der Waals surface area contributed by atoms with Crippen molar-refractivity contribution in [1.82, 2.24) is 14.3 Å². The minimum absolute atomic E-state index is 0.0424. The lowest BCUT2D eigenvalue weighted by molar-refractivity contribution is -0.150. The van der Waals surface area contributed by atoms with E-state index < -0.39 is 0 Å². The van der Waals surface area contributed by atoms with Gasteiger partial charge in [0.15, 0.2) is 0 Å². The minimum Gasteiger partial charge on any atom is -0.394 e. The van der Waals surface area contributed by atoms with Gasteiger partial charge >= 0.3 is 0 Å². The Morgan fingerprint density at radius 2 is 2.24 bits per heavy atom. The van der Waals surface area contributed by atoms with E-state index in [1.807, 2.05) is 42.8 Å². The molecule has 2 aromatic heterocycles. The van der Waals surface area contributed by atoms with Crippen molar-refractivity contribution in [2.45, 2.75) is 32.1 Å². The van der Waals surface area contributed by atoms with Crippen LogP contribution in [0.5, 0.6) is 0 Å². The van der Waals surface area contributed by atoms with Crippen molar-refractivity contribution < 1.29 is 9.84 Å². The number of rotatable bonds is 3. The van der Waals surface area contributed by atoms with Gasteiger partial charge in [-0.15, -0.1) is 0 Å². The summed E-state index contributed by atoms with van der Waals surface area (Å²) in [4.78, 5) is 6.88. The van der Waals surface area contributed by atoms with Gasteiger partial charge in [-0.3, -0.25) is 4.90 Å². The van der Waals surface area contributed by atoms with Gasteiger partial charge < -0.3 is 14.2 Å². The first kappa shape index (κ1) is 14.8. The molecule has 0 bridgehead atoms. The molecule has 1 N–H and O–H groups in total. The van der Waals surface area contributed by atoms with Crippen LogP contribution < -0.4 is 0 Å². The molecule has 0 aliphatic carbocycles. The molecule has 1 atom stereocenters. The average molecular weight is 310 g/mol. The summed E-state index contributed by atoms with van der Waals surface area (Å²) in [6.07, 6.45) is 3.71. The number of hydrogen-bond donors (Lipinski definition) is 1. The van der Waals surface area contributed by atoms with Crippen LogP contribution in [-0.4, -0.2) is 50.8 Å². The zero-order chi connectivity index (χ0) is 15.0. The lowest BCUT2D eigenvalue weighted by Crippen LogP contribution is -2.53. The van der Waals surface area contributed by atoms with Crippen molar-refractivity contribution in [3.63, 3.8) is 0 Å². The number of aromatic nitrogens is 2. The molecular formula is C15H20ClN3O2. The van der Waals surface area contributed by atoms with Crippen molar-refractivity contribution in [3.8, 4) is 0 Å². The van der Waals surface area contributed by atoms with Crippen LogP contribution in [0.1, 0.15) is 19.5 Å². The van der Waals surface area contributed by atoms with Crippen molar-refractivity contribution in [2.75, 3.05) is 19.7 Å². The Labute approximate surface area is 129 Å². The maximum absolute atomic E-state index is 9.37. The van der Waals surface area contributed by atoms with E-state index in [1.54, 1.807) is 0 Å². The molecule has 114 valence electrons. The number of fused-ring (bicyclic) bond motifs is 1. The number of aliphatic hydroxyl groups is 1. The molecule has 2 aromatic rings. The van der Waals surface area contributed by atoms with Crippen LogP contribution in [0.15, 0.2) is 24.5 Å². The van der Waals surface area contributed by atoms with Gasteiger partial charge in [0, 0.05) is 32.0 Å². The molecule has 21 heavy (non-hydrogen) atoms. The van der Waals surface area contributed by atoms with E-state index in [2.05, 4.69) is 9.88 Å². The van der Waals surface area contributed by atoms with Gasteiger partial charge in [-0.1, -0.05) is 11.6 Å². The molecule has 0 amide bonds. The Bertz CT molecular complexity index is 641. The van der Waals surface area contributed by atoms with Crippen LogP contribution in [-0.2, 0) is 11.3 Å². The minimum atomic E-state index is -0.256. The summed E-state index contributed by atoms with van der Waals surface area (Å²) in [6.45, 7) is 6.41.